The molecule has 0 fully saturated rings. The molecule has 5 aromatic carbocycles. The van der Waals surface area contributed by atoms with Crippen LogP contribution in [0.3, 0.4) is 0 Å². The van der Waals surface area contributed by atoms with E-state index in [1.165, 1.54) is 16.0 Å². The summed E-state index contributed by atoms with van der Waals surface area (Å²) >= 11 is 1.86. The first-order valence-electron chi connectivity index (χ1n) is 16.8. The van der Waals surface area contributed by atoms with Crippen LogP contribution in [0.25, 0.3) is 61.7 Å². The van der Waals surface area contributed by atoms with Crippen molar-refractivity contribution in [3.05, 3.63) is 151 Å². The summed E-state index contributed by atoms with van der Waals surface area (Å²) < 4.78 is 6.40. The maximum atomic E-state index is 6.40. The van der Waals surface area contributed by atoms with Crippen LogP contribution in [0, 0.1) is 5.92 Å². The molecule has 10 rings (SSSR count). The number of hydrogen-bond acceptors (Lipinski definition) is 7. The van der Waals surface area contributed by atoms with Crippen molar-refractivity contribution in [1.82, 2.24) is 15.0 Å². The van der Waals surface area contributed by atoms with Gasteiger partial charge in [-0.1, -0.05) is 115 Å². The second-order valence-electron chi connectivity index (χ2n) is 12.7. The summed E-state index contributed by atoms with van der Waals surface area (Å²) in [6, 6.07) is 41.4. The molecule has 238 valence electrons. The van der Waals surface area contributed by atoms with Crippen molar-refractivity contribution in [2.45, 2.75) is 22.6 Å². The Bertz CT molecular complexity index is 2510. The largest absolute Gasteiger partial charge is 0.456 e. The van der Waals surface area contributed by atoms with E-state index >= 15 is 0 Å². The molecule has 0 bridgehead atoms. The van der Waals surface area contributed by atoms with Crippen LogP contribution in [0.1, 0.15) is 23.6 Å². The number of aliphatic imine (C=N–C) groups is 2. The van der Waals surface area contributed by atoms with Crippen LogP contribution in [-0.2, 0) is 0 Å². The number of hydrogen-bond donors (Lipinski definition) is 0. The van der Waals surface area contributed by atoms with Gasteiger partial charge in [0.25, 0.3) is 0 Å². The van der Waals surface area contributed by atoms with Gasteiger partial charge in [-0.3, -0.25) is 4.99 Å². The summed E-state index contributed by atoms with van der Waals surface area (Å²) in [6.45, 7) is 0. The van der Waals surface area contributed by atoms with Gasteiger partial charge in [-0.15, -0.1) is 11.8 Å². The monoisotopic (exact) mass is 663 g/mol. The molecule has 2 aromatic heterocycles. The van der Waals surface area contributed by atoms with Gasteiger partial charge in [0.2, 0.25) is 0 Å². The lowest BCUT2D eigenvalue weighted by atomic mass is 9.91. The van der Waals surface area contributed by atoms with Gasteiger partial charge in [-0.05, 0) is 47.4 Å². The zero-order chi connectivity index (χ0) is 33.0. The third-order valence-corrected chi connectivity index (χ3v) is 10.9. The van der Waals surface area contributed by atoms with E-state index in [2.05, 4.69) is 73.0 Å². The highest BCUT2D eigenvalue weighted by molar-refractivity contribution is 8.01. The molecule has 3 atom stereocenters. The summed E-state index contributed by atoms with van der Waals surface area (Å²) in [5.41, 5.74) is 8.01. The Morgan fingerprint density at radius 2 is 1.40 bits per heavy atom. The molecular formula is C43H29N5OS. The summed E-state index contributed by atoms with van der Waals surface area (Å²) in [6.07, 6.45) is 9.71. The Balaban J connectivity index is 1.02. The third-order valence-electron chi connectivity index (χ3n) is 9.64. The third kappa shape index (κ3) is 5.01. The van der Waals surface area contributed by atoms with Crippen molar-refractivity contribution < 1.29 is 4.42 Å². The average molecular weight is 664 g/mol. The molecule has 7 aromatic rings. The summed E-state index contributed by atoms with van der Waals surface area (Å²) in [5.74, 6) is 2.93. The highest BCUT2D eigenvalue weighted by Crippen LogP contribution is 2.47. The molecule has 6 nitrogen and oxygen atoms in total. The fourth-order valence-corrected chi connectivity index (χ4v) is 8.37. The minimum Gasteiger partial charge on any atom is -0.456 e. The molecule has 2 aliphatic heterocycles. The Hall–Kier alpha value is -5.92. The van der Waals surface area contributed by atoms with Crippen LogP contribution in [-0.4, -0.2) is 32.3 Å². The number of thioether (sulfide) groups is 1. The molecule has 4 heterocycles. The number of nitrogens with zero attached hydrogens (tertiary/aromatic N) is 5. The van der Waals surface area contributed by atoms with Crippen molar-refractivity contribution in [1.29, 1.82) is 0 Å². The fourth-order valence-electron chi connectivity index (χ4n) is 7.14. The molecule has 50 heavy (non-hydrogen) atoms. The molecule has 0 amide bonds. The Morgan fingerprint density at radius 1 is 0.660 bits per heavy atom. The zero-order valence-corrected chi connectivity index (χ0v) is 27.7. The number of aromatic nitrogens is 3. The molecule has 7 heteroatoms. The number of amidine groups is 1. The van der Waals surface area contributed by atoms with Gasteiger partial charge in [-0.25, -0.2) is 19.9 Å². The van der Waals surface area contributed by atoms with Crippen molar-refractivity contribution in [3.8, 4) is 34.2 Å². The van der Waals surface area contributed by atoms with Gasteiger partial charge in [-0.2, -0.15) is 0 Å². The first kappa shape index (κ1) is 29.0. The quantitative estimate of drug-likeness (QED) is 0.183. The topological polar surface area (TPSA) is 76.5 Å². The summed E-state index contributed by atoms with van der Waals surface area (Å²) in [4.78, 5) is 26.2. The Kier molecular flexibility index (Phi) is 6.91. The van der Waals surface area contributed by atoms with E-state index in [9.17, 15) is 0 Å². The fraction of sp³-hybridized carbons (Fsp3) is 0.0930. The molecule has 0 saturated carbocycles. The van der Waals surface area contributed by atoms with E-state index in [1.54, 1.807) is 0 Å². The lowest BCUT2D eigenvalue weighted by molar-refractivity contribution is 0.669. The second kappa shape index (κ2) is 11.9. The first-order valence-corrected chi connectivity index (χ1v) is 17.7. The number of furan rings is 1. The van der Waals surface area contributed by atoms with Crippen molar-refractivity contribution in [3.63, 3.8) is 0 Å². The Labute approximate surface area is 293 Å². The van der Waals surface area contributed by atoms with Crippen LogP contribution < -0.4 is 0 Å². The predicted octanol–water partition coefficient (Wildman–Crippen LogP) is 10.4. The lowest BCUT2D eigenvalue weighted by Crippen LogP contribution is -2.22. The SMILES string of the molecule is C1=CC(C2=NC3c4ccccc4SC3C=N2)CC=C1c1ccc2oc3cccc(-c4nc(-c5ccccc5)nc(-c5ccccc5)n4)c3c2c1. The van der Waals surface area contributed by atoms with Gasteiger partial charge in [0.05, 0.1) is 11.3 Å². The maximum absolute atomic E-state index is 6.40. The zero-order valence-electron chi connectivity index (χ0n) is 26.8. The smallest absolute Gasteiger partial charge is 0.164 e. The molecule has 0 spiro atoms. The van der Waals surface area contributed by atoms with Crippen LogP contribution in [0.4, 0.5) is 0 Å². The molecule has 0 radical (unpaired) electrons. The van der Waals surface area contributed by atoms with Crippen molar-refractivity contribution >= 4 is 51.3 Å². The van der Waals surface area contributed by atoms with Crippen LogP contribution >= 0.6 is 11.8 Å². The van der Waals surface area contributed by atoms with E-state index in [-0.39, 0.29) is 17.2 Å². The van der Waals surface area contributed by atoms with Crippen molar-refractivity contribution in [2.24, 2.45) is 15.9 Å². The maximum Gasteiger partial charge on any atom is 0.164 e. The first-order chi connectivity index (χ1) is 24.7. The standard InChI is InChI=1S/C43H29N5OS/c1-3-10-27(11-4-1)41-46-42(28-12-5-2-6-13-28)48-43(47-41)32-15-9-16-35-38(32)33-24-30(22-23-34(33)49-35)26-18-20-29(21-19-26)40-44-25-37-39(45-40)31-14-7-8-17-36(31)50-37/h1-20,22-25,29,37,39H,21H2. The summed E-state index contributed by atoms with van der Waals surface area (Å²) in [5, 5.41) is 2.29. The molecule has 3 unspecified atom stereocenters. The molecule has 1 aliphatic carbocycles. The second-order valence-corrected chi connectivity index (χ2v) is 13.9. The molecule has 0 N–H and O–H groups in total. The van der Waals surface area contributed by atoms with E-state index in [4.69, 9.17) is 29.4 Å². The lowest BCUT2D eigenvalue weighted by Gasteiger charge is -2.22. The molecular weight excluding hydrogens is 635 g/mol. The Morgan fingerprint density at radius 3 is 2.16 bits per heavy atom. The van der Waals surface area contributed by atoms with Crippen LogP contribution in [0.15, 0.2) is 159 Å². The van der Waals surface area contributed by atoms with Gasteiger partial charge in [0.1, 0.15) is 17.0 Å². The number of fused-ring (bicyclic) bond motifs is 6. The van der Waals surface area contributed by atoms with Crippen LogP contribution in [0.2, 0.25) is 0 Å². The average Bonchev–Trinajstić information content (AvgIpc) is 3.76. The highest BCUT2D eigenvalue weighted by Gasteiger charge is 2.35. The van der Waals surface area contributed by atoms with E-state index in [1.807, 2.05) is 84.6 Å². The highest BCUT2D eigenvalue weighted by atomic mass is 32.2. The van der Waals surface area contributed by atoms with Gasteiger partial charge in [0, 0.05) is 44.5 Å². The van der Waals surface area contributed by atoms with Crippen molar-refractivity contribution in [2.75, 3.05) is 0 Å². The summed E-state index contributed by atoms with van der Waals surface area (Å²) in [7, 11) is 0. The number of allylic oxidation sites excluding steroid dienone is 3. The van der Waals surface area contributed by atoms with Crippen LogP contribution in [0.5, 0.6) is 0 Å². The van der Waals surface area contributed by atoms with Gasteiger partial charge < -0.3 is 4.42 Å². The minimum atomic E-state index is 0.144. The van der Waals surface area contributed by atoms with Gasteiger partial charge in [0.15, 0.2) is 17.5 Å². The number of rotatable bonds is 5. The van der Waals surface area contributed by atoms with E-state index in [0.717, 1.165) is 56.4 Å². The van der Waals surface area contributed by atoms with Gasteiger partial charge >= 0.3 is 0 Å². The molecule has 0 saturated heterocycles. The van der Waals surface area contributed by atoms with E-state index < -0.39 is 0 Å². The molecule has 3 aliphatic rings. The number of benzene rings is 5. The minimum absolute atomic E-state index is 0.144. The normalized spacial score (nSPS) is 19.3. The predicted molar refractivity (Wildman–Crippen MR) is 203 cm³/mol. The van der Waals surface area contributed by atoms with E-state index in [0.29, 0.717) is 17.5 Å².